The maximum Gasteiger partial charge on any atom is 4.00 e. The molecule has 2 fully saturated rings. The van der Waals surface area contributed by atoms with Gasteiger partial charge in [0.05, 0.1) is 0 Å². The maximum absolute atomic E-state index is 3.94. The van der Waals surface area contributed by atoms with E-state index in [9.17, 15) is 0 Å². The number of unbranched alkanes of at least 4 members (excludes halogenated alkanes) is 1. The number of benzene rings is 1. The number of allylic oxidation sites excluding steroid dienone is 1. The molecule has 25 heavy (non-hydrogen) atoms. The van der Waals surface area contributed by atoms with E-state index in [2.05, 4.69) is 32.1 Å². The van der Waals surface area contributed by atoms with Gasteiger partial charge in [-0.2, -0.15) is 35.8 Å². The van der Waals surface area contributed by atoms with Crippen LogP contribution < -0.4 is 0 Å². The Labute approximate surface area is 172 Å². The number of hydrogen-bond donors (Lipinski definition) is 0. The van der Waals surface area contributed by atoms with Gasteiger partial charge in [0.1, 0.15) is 0 Å². The first-order valence-electron chi connectivity index (χ1n) is 10.3. The van der Waals surface area contributed by atoms with Crippen LogP contribution in [0.4, 0.5) is 0 Å². The zero-order chi connectivity index (χ0) is 17.3. The molecule has 0 aromatic heterocycles. The van der Waals surface area contributed by atoms with E-state index < -0.39 is 0 Å². The number of rotatable bonds is 5. The molecule has 0 unspecified atom stereocenters. The molecule has 0 atom stereocenters. The van der Waals surface area contributed by atoms with E-state index in [-0.39, 0.29) is 21.7 Å². The van der Waals surface area contributed by atoms with Crippen molar-refractivity contribution in [3.63, 3.8) is 0 Å². The second-order valence-electron chi connectivity index (χ2n) is 6.98. The normalized spacial score (nSPS) is 16.2. The molecule has 0 N–H and O–H groups in total. The van der Waals surface area contributed by atoms with Crippen LogP contribution in [-0.2, 0) is 21.7 Å². The standard InChI is InChI=1S/C14H18.2C5H10.Ti/c1-3-5-9-13(4-2)12-14-10-7-6-8-11-14;2*1-2-4-5-3-1;/h6-8,10-11H,2-5,9H2,1H3;2*1-5H2;/q-2;;;+4. The van der Waals surface area contributed by atoms with Crippen LogP contribution in [0.5, 0.6) is 0 Å². The summed E-state index contributed by atoms with van der Waals surface area (Å²) in [6, 6.07) is 10.3. The van der Waals surface area contributed by atoms with E-state index >= 15 is 0 Å². The average molecular weight is 374 g/mol. The summed E-state index contributed by atoms with van der Waals surface area (Å²) in [6.07, 6.45) is 22.9. The van der Waals surface area contributed by atoms with Crippen molar-refractivity contribution in [2.24, 2.45) is 0 Å². The molecule has 0 nitrogen and oxygen atoms in total. The summed E-state index contributed by atoms with van der Waals surface area (Å²) in [5.41, 5.74) is 2.50. The van der Waals surface area contributed by atoms with E-state index in [0.29, 0.717) is 0 Å². The molecule has 1 aromatic rings. The molecule has 136 valence electrons. The van der Waals surface area contributed by atoms with E-state index in [1.54, 1.807) is 0 Å². The SMILES string of the molecule is C1CCCC1.C1CCCC1.[CH2-]CC(=[C-]c1ccccc1)CCCC.[Ti+4]. The van der Waals surface area contributed by atoms with Crippen molar-refractivity contribution in [2.75, 3.05) is 0 Å². The van der Waals surface area contributed by atoms with Crippen LogP contribution >= 0.6 is 0 Å². The molecular weight excluding hydrogens is 336 g/mol. The van der Waals surface area contributed by atoms with Gasteiger partial charge in [0.25, 0.3) is 0 Å². The van der Waals surface area contributed by atoms with Gasteiger partial charge in [0.2, 0.25) is 0 Å². The molecule has 0 saturated heterocycles. The van der Waals surface area contributed by atoms with Crippen LogP contribution in [0.15, 0.2) is 35.9 Å². The largest absolute Gasteiger partial charge is 4.00 e. The fourth-order valence-corrected chi connectivity index (χ4v) is 3.13. The van der Waals surface area contributed by atoms with Crippen molar-refractivity contribution < 1.29 is 21.7 Å². The zero-order valence-electron chi connectivity index (χ0n) is 16.5. The molecule has 1 aromatic carbocycles. The molecule has 0 spiro atoms. The van der Waals surface area contributed by atoms with Crippen molar-refractivity contribution in [3.05, 3.63) is 54.5 Å². The Morgan fingerprint density at radius 3 is 1.64 bits per heavy atom. The molecule has 0 bridgehead atoms. The second kappa shape index (κ2) is 18.5. The minimum atomic E-state index is 0. The van der Waals surface area contributed by atoms with Gasteiger partial charge in [-0.25, -0.2) is 0 Å². The first-order chi connectivity index (χ1) is 11.9. The van der Waals surface area contributed by atoms with E-state index in [1.165, 1.54) is 88.2 Å². The van der Waals surface area contributed by atoms with Gasteiger partial charge in [-0.15, -0.1) is 12.1 Å². The third-order valence-corrected chi connectivity index (χ3v) is 4.73. The monoisotopic (exact) mass is 374 g/mol. The first kappa shape index (κ1) is 24.7. The van der Waals surface area contributed by atoms with Crippen LogP contribution in [0.2, 0.25) is 0 Å². The van der Waals surface area contributed by atoms with Gasteiger partial charge in [-0.3, -0.25) is 0 Å². The fraction of sp³-hybridized carbons (Fsp3) is 0.625. The molecule has 2 aliphatic carbocycles. The molecular formula is C24H38Ti+2. The van der Waals surface area contributed by atoms with E-state index in [0.717, 1.165) is 12.8 Å². The third kappa shape index (κ3) is 14.5. The Morgan fingerprint density at radius 2 is 1.28 bits per heavy atom. The fourth-order valence-electron chi connectivity index (χ4n) is 3.13. The van der Waals surface area contributed by atoms with Gasteiger partial charge in [0.15, 0.2) is 0 Å². The Balaban J connectivity index is 0.000000425. The van der Waals surface area contributed by atoms with Gasteiger partial charge >= 0.3 is 21.7 Å². The van der Waals surface area contributed by atoms with Crippen molar-refractivity contribution in [3.8, 4) is 0 Å². The summed E-state index contributed by atoms with van der Waals surface area (Å²) < 4.78 is 0. The molecule has 0 aliphatic heterocycles. The molecule has 0 radical (unpaired) electrons. The van der Waals surface area contributed by atoms with Gasteiger partial charge < -0.3 is 6.92 Å². The molecule has 3 rings (SSSR count). The van der Waals surface area contributed by atoms with Gasteiger partial charge in [-0.1, -0.05) is 90.0 Å². The minimum absolute atomic E-state index is 0. The van der Waals surface area contributed by atoms with Gasteiger partial charge in [0, 0.05) is 0 Å². The summed E-state index contributed by atoms with van der Waals surface area (Å²) in [5, 5.41) is 0. The molecule has 2 aliphatic rings. The quantitative estimate of drug-likeness (QED) is 0.361. The topological polar surface area (TPSA) is 0 Å². The molecule has 2 saturated carbocycles. The Kier molecular flexibility index (Phi) is 18.2. The van der Waals surface area contributed by atoms with Crippen LogP contribution in [0.3, 0.4) is 0 Å². The Bertz CT molecular complexity index is 374. The van der Waals surface area contributed by atoms with Crippen LogP contribution in [0, 0.1) is 13.0 Å². The Hall–Kier alpha value is -0.326. The third-order valence-electron chi connectivity index (χ3n) is 4.73. The van der Waals surface area contributed by atoms with Crippen LogP contribution in [0.1, 0.15) is 102 Å². The summed E-state index contributed by atoms with van der Waals surface area (Å²) in [7, 11) is 0. The molecule has 0 amide bonds. The van der Waals surface area contributed by atoms with Crippen molar-refractivity contribution in [1.82, 2.24) is 0 Å². The van der Waals surface area contributed by atoms with Crippen molar-refractivity contribution >= 4 is 0 Å². The Morgan fingerprint density at radius 1 is 0.840 bits per heavy atom. The van der Waals surface area contributed by atoms with Gasteiger partial charge in [-0.05, 0) is 6.42 Å². The van der Waals surface area contributed by atoms with Crippen molar-refractivity contribution in [1.29, 1.82) is 0 Å². The van der Waals surface area contributed by atoms with E-state index in [4.69, 9.17) is 0 Å². The predicted molar refractivity (Wildman–Crippen MR) is 108 cm³/mol. The molecule has 1 heteroatoms. The number of hydrogen-bond acceptors (Lipinski definition) is 0. The van der Waals surface area contributed by atoms with E-state index in [1.807, 2.05) is 18.2 Å². The maximum atomic E-state index is 3.94. The van der Waals surface area contributed by atoms with Crippen molar-refractivity contribution in [2.45, 2.75) is 96.8 Å². The predicted octanol–water partition coefficient (Wildman–Crippen LogP) is 8.08. The molecule has 0 heterocycles. The minimum Gasteiger partial charge on any atom is -0.340 e. The summed E-state index contributed by atoms with van der Waals surface area (Å²) in [5.74, 6) is 0. The second-order valence-corrected chi connectivity index (χ2v) is 6.98. The summed E-state index contributed by atoms with van der Waals surface area (Å²) >= 11 is 0. The summed E-state index contributed by atoms with van der Waals surface area (Å²) in [6.45, 7) is 6.15. The summed E-state index contributed by atoms with van der Waals surface area (Å²) in [4.78, 5) is 0. The smallest absolute Gasteiger partial charge is 0.340 e. The van der Waals surface area contributed by atoms with Crippen LogP contribution in [0.25, 0.3) is 0 Å². The van der Waals surface area contributed by atoms with Crippen LogP contribution in [-0.4, -0.2) is 0 Å². The zero-order valence-corrected chi connectivity index (χ0v) is 18.1. The average Bonchev–Trinajstić information content (AvgIpc) is 3.38. The first-order valence-corrected chi connectivity index (χ1v) is 10.3.